The fourth-order valence-electron chi connectivity index (χ4n) is 1.49. The number of hydrogen-bond acceptors (Lipinski definition) is 2. The molecule has 2 amide bonds. The highest BCUT2D eigenvalue weighted by Crippen LogP contribution is 2.21. The number of rotatable bonds is 0. The summed E-state index contributed by atoms with van der Waals surface area (Å²) in [5.41, 5.74) is 0. The summed E-state index contributed by atoms with van der Waals surface area (Å²) in [6.45, 7) is 0.0578. The first-order valence-corrected chi connectivity index (χ1v) is 3.44. The van der Waals surface area contributed by atoms with Crippen LogP contribution in [0.15, 0.2) is 0 Å². The molecule has 0 spiro atoms. The van der Waals surface area contributed by atoms with Crippen molar-refractivity contribution in [1.82, 2.24) is 10.2 Å². The molecule has 2 heterocycles. The maximum atomic E-state index is 12.6. The molecule has 2 aliphatic rings. The average molecular weight is 158 g/mol. The van der Waals surface area contributed by atoms with E-state index in [1.807, 2.05) is 0 Å². The minimum atomic E-state index is -0.982. The zero-order valence-electron chi connectivity index (χ0n) is 5.71. The maximum absolute atomic E-state index is 12.6. The number of hydrogen-bond donors (Lipinski definition) is 1. The summed E-state index contributed by atoms with van der Waals surface area (Å²) in [5, 5.41) is 2.39. The van der Waals surface area contributed by atoms with E-state index in [-0.39, 0.29) is 19.1 Å². The van der Waals surface area contributed by atoms with Gasteiger partial charge >= 0.3 is 11.8 Å². The Morgan fingerprint density at radius 3 is 2.91 bits per heavy atom. The SMILES string of the molecule is O=C1NC2CC(F)CN2C1=O. The molecule has 1 N–H and O–H groups in total. The second kappa shape index (κ2) is 1.93. The molecular weight excluding hydrogens is 151 g/mol. The molecule has 5 heteroatoms. The lowest BCUT2D eigenvalue weighted by Gasteiger charge is -2.10. The number of halogens is 1. The van der Waals surface area contributed by atoms with Crippen LogP contribution in [0.25, 0.3) is 0 Å². The maximum Gasteiger partial charge on any atom is 0.313 e. The van der Waals surface area contributed by atoms with Gasteiger partial charge in [-0.15, -0.1) is 0 Å². The van der Waals surface area contributed by atoms with E-state index in [4.69, 9.17) is 0 Å². The van der Waals surface area contributed by atoms with Crippen LogP contribution in [0.3, 0.4) is 0 Å². The summed E-state index contributed by atoms with van der Waals surface area (Å²) in [6, 6.07) is 0. The molecule has 2 saturated heterocycles. The zero-order valence-corrected chi connectivity index (χ0v) is 5.71. The first-order valence-electron chi connectivity index (χ1n) is 3.44. The number of amides is 2. The van der Waals surface area contributed by atoms with Crippen molar-refractivity contribution >= 4 is 11.8 Å². The van der Waals surface area contributed by atoms with Gasteiger partial charge in [0.25, 0.3) is 0 Å². The molecule has 11 heavy (non-hydrogen) atoms. The molecule has 4 nitrogen and oxygen atoms in total. The summed E-state index contributed by atoms with van der Waals surface area (Å²) in [5.74, 6) is -1.21. The van der Waals surface area contributed by atoms with Crippen LogP contribution >= 0.6 is 0 Å². The number of fused-ring (bicyclic) bond motifs is 1. The first kappa shape index (κ1) is 6.57. The van der Waals surface area contributed by atoms with Crippen LogP contribution in [-0.2, 0) is 9.59 Å². The molecule has 0 saturated carbocycles. The second-order valence-electron chi connectivity index (χ2n) is 2.78. The highest BCUT2D eigenvalue weighted by atomic mass is 19.1. The van der Waals surface area contributed by atoms with Crippen LogP contribution in [0.1, 0.15) is 6.42 Å². The lowest BCUT2D eigenvalue weighted by Crippen LogP contribution is -2.30. The molecule has 0 aromatic rings. The van der Waals surface area contributed by atoms with Crippen molar-refractivity contribution in [3.8, 4) is 0 Å². The highest BCUT2D eigenvalue weighted by Gasteiger charge is 2.44. The van der Waals surface area contributed by atoms with Crippen LogP contribution in [0.4, 0.5) is 4.39 Å². The van der Waals surface area contributed by atoms with Crippen LogP contribution in [0.5, 0.6) is 0 Å². The van der Waals surface area contributed by atoms with Crippen molar-refractivity contribution in [2.75, 3.05) is 6.54 Å². The predicted molar refractivity (Wildman–Crippen MR) is 33.2 cm³/mol. The Hall–Kier alpha value is -1.13. The summed E-state index contributed by atoms with van der Waals surface area (Å²) in [4.78, 5) is 22.8. The van der Waals surface area contributed by atoms with Gasteiger partial charge in [0.2, 0.25) is 0 Å². The Bertz CT molecular complexity index is 231. The Labute approximate surface area is 62.4 Å². The van der Waals surface area contributed by atoms with Gasteiger partial charge in [-0.05, 0) is 0 Å². The Morgan fingerprint density at radius 2 is 2.27 bits per heavy atom. The van der Waals surface area contributed by atoms with E-state index < -0.39 is 18.0 Å². The summed E-state index contributed by atoms with van der Waals surface area (Å²) in [6.07, 6.45) is -1.13. The molecular formula is C6H7FN2O2. The topological polar surface area (TPSA) is 49.4 Å². The summed E-state index contributed by atoms with van der Waals surface area (Å²) >= 11 is 0. The zero-order chi connectivity index (χ0) is 8.01. The summed E-state index contributed by atoms with van der Waals surface area (Å²) in [7, 11) is 0. The number of nitrogens with zero attached hydrogens (tertiary/aromatic N) is 1. The van der Waals surface area contributed by atoms with Crippen LogP contribution in [-0.4, -0.2) is 35.6 Å². The van der Waals surface area contributed by atoms with Crippen LogP contribution < -0.4 is 5.32 Å². The van der Waals surface area contributed by atoms with Crippen molar-refractivity contribution < 1.29 is 14.0 Å². The van der Waals surface area contributed by atoms with E-state index >= 15 is 0 Å². The third kappa shape index (κ3) is 0.800. The lowest BCUT2D eigenvalue weighted by molar-refractivity contribution is -0.140. The van der Waals surface area contributed by atoms with E-state index in [0.29, 0.717) is 0 Å². The van der Waals surface area contributed by atoms with Gasteiger partial charge in [-0.3, -0.25) is 9.59 Å². The van der Waals surface area contributed by atoms with Crippen molar-refractivity contribution in [3.05, 3.63) is 0 Å². The predicted octanol–water partition coefficient (Wildman–Crippen LogP) is -0.987. The standard InChI is InChI=1S/C6H7FN2O2/c7-3-1-4-8-5(10)6(11)9(4)2-3/h3-4H,1-2H2,(H,8,10). The smallest absolute Gasteiger partial charge is 0.313 e. The number of carbonyl (C=O) groups is 2. The minimum Gasteiger partial charge on any atom is -0.327 e. The van der Waals surface area contributed by atoms with Gasteiger partial charge in [0.1, 0.15) is 12.3 Å². The molecule has 60 valence electrons. The van der Waals surface area contributed by atoms with E-state index in [2.05, 4.69) is 5.32 Å². The van der Waals surface area contributed by atoms with Crippen molar-refractivity contribution in [1.29, 1.82) is 0 Å². The molecule has 2 fully saturated rings. The largest absolute Gasteiger partial charge is 0.327 e. The lowest BCUT2D eigenvalue weighted by atomic mass is 10.3. The molecule has 2 rings (SSSR count). The fraction of sp³-hybridized carbons (Fsp3) is 0.667. The van der Waals surface area contributed by atoms with Gasteiger partial charge in [0.05, 0.1) is 6.54 Å². The molecule has 0 radical (unpaired) electrons. The first-order chi connectivity index (χ1) is 5.18. The summed E-state index contributed by atoms with van der Waals surface area (Å²) < 4.78 is 12.6. The van der Waals surface area contributed by atoms with Gasteiger partial charge in [-0.1, -0.05) is 0 Å². The van der Waals surface area contributed by atoms with Gasteiger partial charge in [-0.2, -0.15) is 0 Å². The molecule has 2 atom stereocenters. The van der Waals surface area contributed by atoms with E-state index in [1.165, 1.54) is 4.90 Å². The quantitative estimate of drug-likeness (QED) is 0.460. The fourth-order valence-corrected chi connectivity index (χ4v) is 1.49. The van der Waals surface area contributed by atoms with Gasteiger partial charge in [0.15, 0.2) is 0 Å². The second-order valence-corrected chi connectivity index (χ2v) is 2.78. The molecule has 0 aliphatic carbocycles. The van der Waals surface area contributed by atoms with Crippen molar-refractivity contribution in [2.24, 2.45) is 0 Å². The molecule has 2 aliphatic heterocycles. The van der Waals surface area contributed by atoms with Gasteiger partial charge < -0.3 is 10.2 Å². The van der Waals surface area contributed by atoms with E-state index in [9.17, 15) is 14.0 Å². The Balaban J connectivity index is 2.19. The normalized spacial score (nSPS) is 35.9. The number of carbonyl (C=O) groups excluding carboxylic acids is 2. The Kier molecular flexibility index (Phi) is 1.15. The molecule has 0 aromatic heterocycles. The van der Waals surface area contributed by atoms with Crippen molar-refractivity contribution in [3.63, 3.8) is 0 Å². The van der Waals surface area contributed by atoms with Crippen molar-refractivity contribution in [2.45, 2.75) is 18.8 Å². The van der Waals surface area contributed by atoms with Gasteiger partial charge in [-0.25, -0.2) is 4.39 Å². The Morgan fingerprint density at radius 1 is 1.55 bits per heavy atom. The third-order valence-electron chi connectivity index (χ3n) is 2.00. The van der Waals surface area contributed by atoms with E-state index in [0.717, 1.165) is 0 Å². The monoisotopic (exact) mass is 158 g/mol. The van der Waals surface area contributed by atoms with Crippen LogP contribution in [0.2, 0.25) is 0 Å². The third-order valence-corrected chi connectivity index (χ3v) is 2.00. The van der Waals surface area contributed by atoms with E-state index in [1.54, 1.807) is 0 Å². The minimum absolute atomic E-state index is 0.0578. The van der Waals surface area contributed by atoms with Gasteiger partial charge in [0, 0.05) is 6.42 Å². The van der Waals surface area contributed by atoms with Crippen LogP contribution in [0, 0.1) is 0 Å². The number of nitrogens with one attached hydrogen (secondary N) is 1. The molecule has 2 unspecified atom stereocenters. The average Bonchev–Trinajstić information content (AvgIpc) is 2.37. The molecule has 0 aromatic carbocycles. The molecule has 0 bridgehead atoms. The highest BCUT2D eigenvalue weighted by molar-refractivity contribution is 6.37. The number of alkyl halides is 1.